The van der Waals surface area contributed by atoms with Crippen LogP contribution in [0.3, 0.4) is 0 Å². The average molecular weight is 322 g/mol. The molecule has 122 valence electrons. The molecule has 2 aromatic carbocycles. The lowest BCUT2D eigenvalue weighted by Crippen LogP contribution is -2.24. The smallest absolute Gasteiger partial charge is 0.255 e. The molecule has 3 aromatic rings. The Morgan fingerprint density at radius 2 is 1.92 bits per heavy atom. The van der Waals surface area contributed by atoms with Gasteiger partial charge in [0, 0.05) is 23.5 Å². The number of benzene rings is 2. The molecule has 0 saturated carbocycles. The van der Waals surface area contributed by atoms with Gasteiger partial charge in [0.1, 0.15) is 5.75 Å². The van der Waals surface area contributed by atoms with E-state index < -0.39 is 0 Å². The van der Waals surface area contributed by atoms with Gasteiger partial charge in [-0.1, -0.05) is 30.3 Å². The molecule has 0 bridgehead atoms. The van der Waals surface area contributed by atoms with E-state index in [9.17, 15) is 9.59 Å². The third kappa shape index (κ3) is 3.01. The van der Waals surface area contributed by atoms with E-state index in [1.54, 1.807) is 25.3 Å². The van der Waals surface area contributed by atoms with Gasteiger partial charge >= 0.3 is 0 Å². The summed E-state index contributed by atoms with van der Waals surface area (Å²) in [5.74, 6) is 0.590. The molecule has 1 heterocycles. The monoisotopic (exact) mass is 322 g/mol. The van der Waals surface area contributed by atoms with Crippen LogP contribution in [0, 0.1) is 6.92 Å². The minimum absolute atomic E-state index is 0.201. The number of aromatic nitrogens is 1. The van der Waals surface area contributed by atoms with Gasteiger partial charge in [-0.3, -0.25) is 9.59 Å². The highest BCUT2D eigenvalue weighted by Gasteiger charge is 2.11. The molecular formula is C19H18N2O3. The highest BCUT2D eigenvalue weighted by atomic mass is 16.5. The summed E-state index contributed by atoms with van der Waals surface area (Å²) in [7, 11) is 1.63. The summed E-state index contributed by atoms with van der Waals surface area (Å²) in [6.07, 6.45) is 1.46. The van der Waals surface area contributed by atoms with Crippen LogP contribution in [0.1, 0.15) is 21.5 Å². The molecule has 0 aliphatic rings. The zero-order chi connectivity index (χ0) is 17.1. The fraction of sp³-hybridized carbons (Fsp3) is 0.158. The second kappa shape index (κ2) is 6.58. The Kier molecular flexibility index (Phi) is 4.33. The number of methoxy groups -OCH3 is 1. The van der Waals surface area contributed by atoms with Crippen molar-refractivity contribution >= 4 is 16.7 Å². The van der Waals surface area contributed by atoms with E-state index in [0.29, 0.717) is 22.9 Å². The first-order valence-electron chi connectivity index (χ1n) is 7.62. The van der Waals surface area contributed by atoms with Gasteiger partial charge in [0.25, 0.3) is 11.5 Å². The molecular weight excluding hydrogens is 304 g/mol. The zero-order valence-corrected chi connectivity index (χ0v) is 13.6. The quantitative estimate of drug-likeness (QED) is 0.776. The third-order valence-corrected chi connectivity index (χ3v) is 3.97. The maximum Gasteiger partial charge on any atom is 0.255 e. The standard InChI is InChI=1S/C19H18N2O3/c1-12-9-13(7-8-17(12)24-2)10-20-19(23)16-11-21-18(22)15-6-4-3-5-14(15)16/h3-9,11H,10H2,1-2H3,(H,20,23)(H,21,22). The van der Waals surface area contributed by atoms with Gasteiger partial charge < -0.3 is 15.0 Å². The molecule has 0 saturated heterocycles. The van der Waals surface area contributed by atoms with Gasteiger partial charge in [-0.15, -0.1) is 0 Å². The minimum Gasteiger partial charge on any atom is -0.496 e. The highest BCUT2D eigenvalue weighted by molar-refractivity contribution is 6.06. The summed E-state index contributed by atoms with van der Waals surface area (Å²) >= 11 is 0. The Labute approximate surface area is 139 Å². The molecule has 1 amide bonds. The Morgan fingerprint density at radius 3 is 2.62 bits per heavy atom. The summed E-state index contributed by atoms with van der Waals surface area (Å²) in [5, 5.41) is 4.04. The van der Waals surface area contributed by atoms with Crippen LogP contribution in [0.2, 0.25) is 0 Å². The van der Waals surface area contributed by atoms with Gasteiger partial charge in [0.05, 0.1) is 12.7 Å². The summed E-state index contributed by atoms with van der Waals surface area (Å²) < 4.78 is 5.23. The van der Waals surface area contributed by atoms with E-state index in [4.69, 9.17) is 4.74 Å². The molecule has 0 aliphatic heterocycles. The van der Waals surface area contributed by atoms with Crippen molar-refractivity contribution < 1.29 is 9.53 Å². The van der Waals surface area contributed by atoms with Crippen molar-refractivity contribution in [3.63, 3.8) is 0 Å². The summed E-state index contributed by atoms with van der Waals surface area (Å²) in [4.78, 5) is 26.9. The Bertz CT molecular complexity index is 960. The normalized spacial score (nSPS) is 10.6. The van der Waals surface area contributed by atoms with Crippen LogP contribution in [0.15, 0.2) is 53.5 Å². The molecule has 1 aromatic heterocycles. The van der Waals surface area contributed by atoms with Gasteiger partial charge in [0.2, 0.25) is 0 Å². The third-order valence-electron chi connectivity index (χ3n) is 3.97. The first-order chi connectivity index (χ1) is 11.6. The van der Waals surface area contributed by atoms with Crippen LogP contribution in [-0.4, -0.2) is 18.0 Å². The Balaban J connectivity index is 1.82. The van der Waals surface area contributed by atoms with E-state index in [0.717, 1.165) is 16.9 Å². The van der Waals surface area contributed by atoms with E-state index in [1.807, 2.05) is 31.2 Å². The minimum atomic E-state index is -0.226. The van der Waals surface area contributed by atoms with Crippen LogP contribution in [-0.2, 0) is 6.54 Å². The molecule has 2 N–H and O–H groups in total. The lowest BCUT2D eigenvalue weighted by Gasteiger charge is -2.10. The van der Waals surface area contributed by atoms with Crippen molar-refractivity contribution in [3.05, 3.63) is 75.7 Å². The number of fused-ring (bicyclic) bond motifs is 1. The van der Waals surface area contributed by atoms with E-state index >= 15 is 0 Å². The van der Waals surface area contributed by atoms with E-state index in [2.05, 4.69) is 10.3 Å². The van der Waals surface area contributed by atoms with Crippen LogP contribution >= 0.6 is 0 Å². The van der Waals surface area contributed by atoms with Crippen molar-refractivity contribution in [3.8, 4) is 5.75 Å². The number of ether oxygens (including phenoxy) is 1. The predicted molar refractivity (Wildman–Crippen MR) is 93.5 cm³/mol. The molecule has 3 rings (SSSR count). The molecule has 0 unspecified atom stereocenters. The molecule has 0 atom stereocenters. The Hall–Kier alpha value is -3.08. The van der Waals surface area contributed by atoms with Crippen molar-refractivity contribution in [1.82, 2.24) is 10.3 Å². The van der Waals surface area contributed by atoms with Gasteiger partial charge in [0.15, 0.2) is 0 Å². The molecule has 24 heavy (non-hydrogen) atoms. The largest absolute Gasteiger partial charge is 0.496 e. The fourth-order valence-corrected chi connectivity index (χ4v) is 2.73. The number of aromatic amines is 1. The summed E-state index contributed by atoms with van der Waals surface area (Å²) in [6, 6.07) is 12.8. The Morgan fingerprint density at radius 1 is 1.17 bits per heavy atom. The molecule has 0 fully saturated rings. The maximum absolute atomic E-state index is 12.5. The lowest BCUT2D eigenvalue weighted by molar-refractivity contribution is 0.0952. The zero-order valence-electron chi connectivity index (χ0n) is 13.6. The molecule has 0 aliphatic carbocycles. The second-order valence-corrected chi connectivity index (χ2v) is 5.56. The average Bonchev–Trinajstić information content (AvgIpc) is 2.60. The topological polar surface area (TPSA) is 71.2 Å². The number of H-pyrrole nitrogens is 1. The number of hydrogen-bond donors (Lipinski definition) is 2. The number of pyridine rings is 1. The van der Waals surface area contributed by atoms with Gasteiger partial charge in [-0.25, -0.2) is 0 Å². The fourth-order valence-electron chi connectivity index (χ4n) is 2.73. The van der Waals surface area contributed by atoms with Crippen LogP contribution in [0.5, 0.6) is 5.75 Å². The number of aryl methyl sites for hydroxylation is 1. The number of carbonyl (C=O) groups is 1. The van der Waals surface area contributed by atoms with Crippen LogP contribution in [0.25, 0.3) is 10.8 Å². The van der Waals surface area contributed by atoms with Crippen LogP contribution in [0.4, 0.5) is 0 Å². The highest BCUT2D eigenvalue weighted by Crippen LogP contribution is 2.19. The van der Waals surface area contributed by atoms with Crippen molar-refractivity contribution in [2.24, 2.45) is 0 Å². The van der Waals surface area contributed by atoms with Crippen molar-refractivity contribution in [2.75, 3.05) is 7.11 Å². The molecule has 0 spiro atoms. The van der Waals surface area contributed by atoms with Crippen LogP contribution < -0.4 is 15.6 Å². The number of nitrogens with one attached hydrogen (secondary N) is 2. The van der Waals surface area contributed by atoms with Gasteiger partial charge in [-0.05, 0) is 30.2 Å². The SMILES string of the molecule is COc1ccc(CNC(=O)c2c[nH]c(=O)c3ccccc23)cc1C. The number of carbonyl (C=O) groups excluding carboxylic acids is 1. The number of rotatable bonds is 4. The molecule has 0 radical (unpaired) electrons. The first kappa shape index (κ1) is 15.8. The lowest BCUT2D eigenvalue weighted by atomic mass is 10.1. The van der Waals surface area contributed by atoms with Crippen molar-refractivity contribution in [2.45, 2.75) is 13.5 Å². The molecule has 5 heteroatoms. The van der Waals surface area contributed by atoms with E-state index in [-0.39, 0.29) is 11.5 Å². The predicted octanol–water partition coefficient (Wildman–Crippen LogP) is 2.78. The first-order valence-corrected chi connectivity index (χ1v) is 7.62. The number of hydrogen-bond acceptors (Lipinski definition) is 3. The van der Waals surface area contributed by atoms with Crippen molar-refractivity contribution in [1.29, 1.82) is 0 Å². The number of amides is 1. The molecule has 5 nitrogen and oxygen atoms in total. The second-order valence-electron chi connectivity index (χ2n) is 5.56. The summed E-state index contributed by atoms with van der Waals surface area (Å²) in [6.45, 7) is 2.36. The van der Waals surface area contributed by atoms with E-state index in [1.165, 1.54) is 6.20 Å². The maximum atomic E-state index is 12.5. The summed E-state index contributed by atoms with van der Waals surface area (Å²) in [5.41, 5.74) is 2.25. The van der Waals surface area contributed by atoms with Gasteiger partial charge in [-0.2, -0.15) is 0 Å².